The van der Waals surface area contributed by atoms with Gasteiger partial charge >= 0.3 is 0 Å². The molecule has 0 aliphatic carbocycles. The minimum atomic E-state index is -0.276. The lowest BCUT2D eigenvalue weighted by molar-refractivity contribution is 0.355. The van der Waals surface area contributed by atoms with Crippen molar-refractivity contribution in [1.29, 1.82) is 0 Å². The van der Waals surface area contributed by atoms with E-state index in [1.165, 1.54) is 12.1 Å². The minimum absolute atomic E-state index is 0.276. The molecule has 2 N–H and O–H groups in total. The topological polar surface area (TPSA) is 42.5 Å². The normalized spacial score (nSPS) is 10.0. The van der Waals surface area contributed by atoms with Crippen LogP contribution in [0.2, 0.25) is 0 Å². The quantitative estimate of drug-likeness (QED) is 0.835. The van der Waals surface area contributed by atoms with Crippen LogP contribution in [0.5, 0.6) is 11.5 Å². The molecule has 0 aromatic heterocycles. The summed E-state index contributed by atoms with van der Waals surface area (Å²) in [5.74, 6) is 0.969. The van der Waals surface area contributed by atoms with Crippen LogP contribution < -0.4 is 20.1 Å². The predicted molar refractivity (Wildman–Crippen MR) is 90.5 cm³/mol. The smallest absolute Gasteiger partial charge is 0.175 e. The number of nitrogens with one attached hydrogen (secondary N) is 2. The van der Waals surface area contributed by atoms with E-state index in [9.17, 15) is 4.39 Å². The summed E-state index contributed by atoms with van der Waals surface area (Å²) in [5, 5.41) is 6.49. The number of rotatable bonds is 4. The number of aryl methyl sites for hydroxylation is 1. The zero-order valence-corrected chi connectivity index (χ0v) is 13.4. The van der Waals surface area contributed by atoms with E-state index in [1.807, 2.05) is 13.0 Å². The lowest BCUT2D eigenvalue weighted by atomic mass is 10.2. The summed E-state index contributed by atoms with van der Waals surface area (Å²) in [5.41, 5.74) is 2.28. The lowest BCUT2D eigenvalue weighted by Crippen LogP contribution is -2.19. The first-order valence-corrected chi connectivity index (χ1v) is 7.00. The van der Waals surface area contributed by atoms with Crippen molar-refractivity contribution in [1.82, 2.24) is 0 Å². The van der Waals surface area contributed by atoms with E-state index in [0.717, 1.165) is 16.9 Å². The van der Waals surface area contributed by atoms with Crippen LogP contribution in [0.15, 0.2) is 36.4 Å². The van der Waals surface area contributed by atoms with Crippen molar-refractivity contribution in [2.24, 2.45) is 0 Å². The fourth-order valence-corrected chi connectivity index (χ4v) is 2.19. The summed E-state index contributed by atoms with van der Waals surface area (Å²) in [6.45, 7) is 1.81. The summed E-state index contributed by atoms with van der Waals surface area (Å²) >= 11 is 5.26. The van der Waals surface area contributed by atoms with Crippen LogP contribution in [-0.2, 0) is 0 Å². The van der Waals surface area contributed by atoms with E-state index in [4.69, 9.17) is 21.7 Å². The molecule has 2 rings (SSSR count). The molecule has 0 saturated carbocycles. The third-order valence-corrected chi connectivity index (χ3v) is 3.28. The van der Waals surface area contributed by atoms with Crippen LogP contribution >= 0.6 is 12.2 Å². The Balaban J connectivity index is 2.08. The first kappa shape index (κ1) is 16.0. The second-order valence-corrected chi connectivity index (χ2v) is 5.02. The van der Waals surface area contributed by atoms with Gasteiger partial charge < -0.3 is 20.1 Å². The second-order valence-electron chi connectivity index (χ2n) is 4.61. The monoisotopic (exact) mass is 320 g/mol. The number of methoxy groups -OCH3 is 2. The van der Waals surface area contributed by atoms with Crippen molar-refractivity contribution in [3.05, 3.63) is 47.8 Å². The SMILES string of the molecule is COc1ccc(NC(=S)Nc2ccc(F)cc2C)cc1OC. The number of benzene rings is 2. The second kappa shape index (κ2) is 7.09. The van der Waals surface area contributed by atoms with E-state index in [2.05, 4.69) is 10.6 Å². The average Bonchev–Trinajstić information content (AvgIpc) is 2.50. The van der Waals surface area contributed by atoms with E-state index < -0.39 is 0 Å². The Labute approximate surface area is 134 Å². The van der Waals surface area contributed by atoms with Crippen molar-refractivity contribution < 1.29 is 13.9 Å². The molecular weight excluding hydrogens is 303 g/mol. The van der Waals surface area contributed by atoms with Gasteiger partial charge in [-0.1, -0.05) is 0 Å². The van der Waals surface area contributed by atoms with Crippen LogP contribution in [0, 0.1) is 12.7 Å². The van der Waals surface area contributed by atoms with Gasteiger partial charge in [0.2, 0.25) is 0 Å². The number of ether oxygens (including phenoxy) is 2. The molecule has 116 valence electrons. The first-order chi connectivity index (χ1) is 10.5. The van der Waals surface area contributed by atoms with Gasteiger partial charge in [-0.3, -0.25) is 0 Å². The first-order valence-electron chi connectivity index (χ1n) is 6.59. The Morgan fingerprint density at radius 2 is 1.73 bits per heavy atom. The molecule has 6 heteroatoms. The third kappa shape index (κ3) is 3.85. The molecule has 0 radical (unpaired) electrons. The maximum absolute atomic E-state index is 13.1. The Morgan fingerprint density at radius 3 is 2.36 bits per heavy atom. The Kier molecular flexibility index (Phi) is 5.16. The van der Waals surface area contributed by atoms with Gasteiger partial charge in [0.15, 0.2) is 16.6 Å². The van der Waals surface area contributed by atoms with E-state index in [0.29, 0.717) is 16.6 Å². The fourth-order valence-electron chi connectivity index (χ4n) is 1.97. The predicted octanol–water partition coefficient (Wildman–Crippen LogP) is 3.96. The largest absolute Gasteiger partial charge is 0.493 e. The minimum Gasteiger partial charge on any atom is -0.493 e. The van der Waals surface area contributed by atoms with Crippen molar-refractivity contribution in [3.63, 3.8) is 0 Å². The summed E-state index contributed by atoms with van der Waals surface area (Å²) in [7, 11) is 3.15. The molecule has 0 bridgehead atoms. The van der Waals surface area contributed by atoms with Gasteiger partial charge in [-0.25, -0.2) is 4.39 Å². The maximum Gasteiger partial charge on any atom is 0.175 e. The number of halogens is 1. The molecule has 0 amide bonds. The van der Waals surface area contributed by atoms with Gasteiger partial charge in [0.05, 0.1) is 14.2 Å². The van der Waals surface area contributed by atoms with Gasteiger partial charge in [0.1, 0.15) is 5.82 Å². The summed E-state index contributed by atoms with van der Waals surface area (Å²) in [6, 6.07) is 9.87. The van der Waals surface area contributed by atoms with Gasteiger partial charge in [0, 0.05) is 17.4 Å². The number of hydrogen-bond acceptors (Lipinski definition) is 3. The average molecular weight is 320 g/mol. The molecule has 2 aromatic carbocycles. The zero-order chi connectivity index (χ0) is 16.1. The van der Waals surface area contributed by atoms with Gasteiger partial charge in [-0.05, 0) is 55.0 Å². The van der Waals surface area contributed by atoms with Crippen LogP contribution in [0.1, 0.15) is 5.56 Å². The molecule has 2 aromatic rings. The molecule has 0 heterocycles. The Hall–Kier alpha value is -2.34. The van der Waals surface area contributed by atoms with Crippen LogP contribution in [-0.4, -0.2) is 19.3 Å². The van der Waals surface area contributed by atoms with Gasteiger partial charge in [-0.15, -0.1) is 0 Å². The summed E-state index contributed by atoms with van der Waals surface area (Å²) in [4.78, 5) is 0. The highest BCUT2D eigenvalue weighted by Gasteiger charge is 2.07. The van der Waals surface area contributed by atoms with Crippen molar-refractivity contribution >= 4 is 28.7 Å². The highest BCUT2D eigenvalue weighted by Crippen LogP contribution is 2.29. The standard InChI is InChI=1S/C16H17FN2O2S/c1-10-8-11(17)4-6-13(10)19-16(22)18-12-5-7-14(20-2)15(9-12)21-3/h4-9H,1-3H3,(H2,18,19,22). The molecule has 4 nitrogen and oxygen atoms in total. The Morgan fingerprint density at radius 1 is 1.00 bits per heavy atom. The number of hydrogen-bond donors (Lipinski definition) is 2. The molecular formula is C16H17FN2O2S. The van der Waals surface area contributed by atoms with Gasteiger partial charge in [0.25, 0.3) is 0 Å². The van der Waals surface area contributed by atoms with Crippen LogP contribution in [0.25, 0.3) is 0 Å². The van der Waals surface area contributed by atoms with Crippen LogP contribution in [0.4, 0.5) is 15.8 Å². The molecule has 0 saturated heterocycles. The molecule has 0 unspecified atom stereocenters. The van der Waals surface area contributed by atoms with Crippen molar-refractivity contribution in [2.75, 3.05) is 24.9 Å². The van der Waals surface area contributed by atoms with E-state index in [1.54, 1.807) is 32.4 Å². The van der Waals surface area contributed by atoms with Gasteiger partial charge in [-0.2, -0.15) is 0 Å². The highest BCUT2D eigenvalue weighted by atomic mass is 32.1. The molecule has 0 aliphatic heterocycles. The third-order valence-electron chi connectivity index (χ3n) is 3.08. The van der Waals surface area contributed by atoms with E-state index >= 15 is 0 Å². The van der Waals surface area contributed by atoms with Crippen molar-refractivity contribution in [2.45, 2.75) is 6.92 Å². The molecule has 22 heavy (non-hydrogen) atoms. The molecule has 0 atom stereocenters. The van der Waals surface area contributed by atoms with Crippen molar-refractivity contribution in [3.8, 4) is 11.5 Å². The number of thiocarbonyl (C=S) groups is 1. The molecule has 0 spiro atoms. The number of anilines is 2. The fraction of sp³-hybridized carbons (Fsp3) is 0.188. The zero-order valence-electron chi connectivity index (χ0n) is 12.6. The van der Waals surface area contributed by atoms with E-state index in [-0.39, 0.29) is 5.82 Å². The summed E-state index contributed by atoms with van der Waals surface area (Å²) in [6.07, 6.45) is 0. The maximum atomic E-state index is 13.1. The molecule has 0 fully saturated rings. The lowest BCUT2D eigenvalue weighted by Gasteiger charge is -2.14. The highest BCUT2D eigenvalue weighted by molar-refractivity contribution is 7.80. The summed E-state index contributed by atoms with van der Waals surface area (Å²) < 4.78 is 23.5. The molecule has 0 aliphatic rings. The van der Waals surface area contributed by atoms with Crippen LogP contribution in [0.3, 0.4) is 0 Å². The Bertz CT molecular complexity index is 692.